The lowest BCUT2D eigenvalue weighted by molar-refractivity contribution is 0.184. The van der Waals surface area contributed by atoms with Gasteiger partial charge in [-0.2, -0.15) is 0 Å². The Balaban J connectivity index is 1.51. The Morgan fingerprint density at radius 3 is 2.90 bits per heavy atom. The Kier molecular flexibility index (Phi) is 6.21. The maximum Gasteiger partial charge on any atom is 0.251 e. The van der Waals surface area contributed by atoms with Gasteiger partial charge in [0.2, 0.25) is 0 Å². The number of nitrogens with zero attached hydrogens (tertiary/aromatic N) is 3. The lowest BCUT2D eigenvalue weighted by atomic mass is 10.1. The zero-order chi connectivity index (χ0) is 20.9. The van der Waals surface area contributed by atoms with E-state index in [2.05, 4.69) is 20.9 Å². The number of ether oxygens (including phenoxy) is 2. The van der Waals surface area contributed by atoms with E-state index >= 15 is 0 Å². The minimum absolute atomic E-state index is 0.133. The van der Waals surface area contributed by atoms with Crippen molar-refractivity contribution in [2.45, 2.75) is 25.5 Å². The summed E-state index contributed by atoms with van der Waals surface area (Å²) < 4.78 is 10.8. The predicted molar refractivity (Wildman–Crippen MR) is 114 cm³/mol. The molecule has 0 aliphatic carbocycles. The first-order chi connectivity index (χ1) is 14.7. The molecule has 3 aromatic rings. The van der Waals surface area contributed by atoms with Gasteiger partial charge in [-0.1, -0.05) is 6.07 Å². The maximum atomic E-state index is 12.2. The SMILES string of the molecule is COCc1ccc(OC)c(CN2CC[C@H](c3nc(-c4cccnc4)cc(=O)[nH]3)C2)c1. The second kappa shape index (κ2) is 9.19. The van der Waals surface area contributed by atoms with Gasteiger partial charge in [-0.15, -0.1) is 0 Å². The topological polar surface area (TPSA) is 80.3 Å². The average Bonchev–Trinajstić information content (AvgIpc) is 3.23. The molecule has 1 aliphatic heterocycles. The molecule has 1 aliphatic rings. The summed E-state index contributed by atoms with van der Waals surface area (Å²) in [5, 5.41) is 0. The molecular formula is C23H26N4O3. The van der Waals surface area contributed by atoms with Crippen LogP contribution in [-0.2, 0) is 17.9 Å². The fourth-order valence-corrected chi connectivity index (χ4v) is 3.98. The third-order valence-corrected chi connectivity index (χ3v) is 5.43. The second-order valence-electron chi connectivity index (χ2n) is 7.56. The van der Waals surface area contributed by atoms with E-state index in [-0.39, 0.29) is 11.5 Å². The van der Waals surface area contributed by atoms with E-state index in [4.69, 9.17) is 14.5 Å². The molecule has 0 bridgehead atoms. The molecule has 0 radical (unpaired) electrons. The number of methoxy groups -OCH3 is 2. The third-order valence-electron chi connectivity index (χ3n) is 5.43. The Labute approximate surface area is 175 Å². The van der Waals surface area contributed by atoms with Crippen LogP contribution in [0.1, 0.15) is 29.3 Å². The lowest BCUT2D eigenvalue weighted by Crippen LogP contribution is -2.21. The van der Waals surface area contributed by atoms with Gasteiger partial charge in [0.05, 0.1) is 19.4 Å². The summed E-state index contributed by atoms with van der Waals surface area (Å²) in [7, 11) is 3.39. The van der Waals surface area contributed by atoms with E-state index in [1.54, 1.807) is 26.6 Å². The first-order valence-corrected chi connectivity index (χ1v) is 10.0. The fraction of sp³-hybridized carbons (Fsp3) is 0.348. The number of likely N-dealkylation sites (tertiary alicyclic amines) is 1. The molecule has 2 aromatic heterocycles. The van der Waals surface area contributed by atoms with Crippen LogP contribution in [0.2, 0.25) is 0 Å². The standard InChI is InChI=1S/C23H26N4O3/c1-29-15-16-5-6-21(30-2)19(10-16)14-27-9-7-18(13-27)23-25-20(11-22(28)26-23)17-4-3-8-24-12-17/h3-6,8,10-12,18H,7,9,13-15H2,1-2H3,(H,25,26,28)/t18-/m0/s1. The molecule has 7 nitrogen and oxygen atoms in total. The number of rotatable bonds is 7. The van der Waals surface area contributed by atoms with Gasteiger partial charge in [-0.3, -0.25) is 14.7 Å². The molecule has 7 heteroatoms. The summed E-state index contributed by atoms with van der Waals surface area (Å²) in [6, 6.07) is 11.4. The van der Waals surface area contributed by atoms with E-state index < -0.39 is 0 Å². The zero-order valence-electron chi connectivity index (χ0n) is 17.3. The van der Waals surface area contributed by atoms with Crippen LogP contribution >= 0.6 is 0 Å². The Bertz CT molecular complexity index is 1050. The number of nitrogens with one attached hydrogen (secondary N) is 1. The van der Waals surface area contributed by atoms with Gasteiger partial charge in [0.25, 0.3) is 5.56 Å². The highest BCUT2D eigenvalue weighted by atomic mass is 16.5. The molecule has 0 spiro atoms. The molecule has 1 atom stereocenters. The number of aromatic amines is 1. The van der Waals surface area contributed by atoms with Crippen LogP contribution in [0.3, 0.4) is 0 Å². The molecular weight excluding hydrogens is 380 g/mol. The van der Waals surface area contributed by atoms with Gasteiger partial charge < -0.3 is 14.5 Å². The van der Waals surface area contributed by atoms with E-state index in [1.165, 1.54) is 6.07 Å². The lowest BCUT2D eigenvalue weighted by Gasteiger charge is -2.19. The van der Waals surface area contributed by atoms with E-state index in [9.17, 15) is 4.79 Å². The molecule has 4 rings (SSSR count). The number of hydrogen-bond donors (Lipinski definition) is 1. The van der Waals surface area contributed by atoms with Gasteiger partial charge in [0.1, 0.15) is 11.6 Å². The minimum Gasteiger partial charge on any atom is -0.496 e. The molecule has 156 valence electrons. The van der Waals surface area contributed by atoms with Gasteiger partial charge in [0.15, 0.2) is 0 Å². The molecule has 0 unspecified atom stereocenters. The van der Waals surface area contributed by atoms with Gasteiger partial charge in [-0.05, 0) is 42.8 Å². The Morgan fingerprint density at radius 2 is 2.13 bits per heavy atom. The molecule has 0 saturated carbocycles. The summed E-state index contributed by atoms with van der Waals surface area (Å²) in [6.45, 7) is 3.12. The highest BCUT2D eigenvalue weighted by Gasteiger charge is 2.27. The van der Waals surface area contributed by atoms with Crippen molar-refractivity contribution >= 4 is 0 Å². The summed E-state index contributed by atoms with van der Waals surface area (Å²) in [5.41, 5.74) is 3.64. The van der Waals surface area contributed by atoms with Crippen LogP contribution in [0.5, 0.6) is 5.75 Å². The van der Waals surface area contributed by atoms with Crippen molar-refractivity contribution in [2.75, 3.05) is 27.3 Å². The van der Waals surface area contributed by atoms with Crippen molar-refractivity contribution in [3.8, 4) is 17.0 Å². The normalized spacial score (nSPS) is 16.7. The summed E-state index contributed by atoms with van der Waals surface area (Å²) in [4.78, 5) is 26.4. The van der Waals surface area contributed by atoms with Gasteiger partial charge >= 0.3 is 0 Å². The van der Waals surface area contributed by atoms with Crippen LogP contribution in [0.4, 0.5) is 0 Å². The van der Waals surface area contributed by atoms with E-state index in [0.717, 1.165) is 54.3 Å². The van der Waals surface area contributed by atoms with E-state index in [1.807, 2.05) is 24.3 Å². The fourth-order valence-electron chi connectivity index (χ4n) is 3.98. The van der Waals surface area contributed by atoms with Crippen LogP contribution in [0, 0.1) is 0 Å². The number of H-pyrrole nitrogens is 1. The van der Waals surface area contributed by atoms with Crippen LogP contribution < -0.4 is 10.3 Å². The van der Waals surface area contributed by atoms with Crippen molar-refractivity contribution in [2.24, 2.45) is 0 Å². The van der Waals surface area contributed by atoms with Crippen LogP contribution in [0.25, 0.3) is 11.3 Å². The highest BCUT2D eigenvalue weighted by Crippen LogP contribution is 2.29. The van der Waals surface area contributed by atoms with Crippen LogP contribution in [-0.4, -0.2) is 47.2 Å². The van der Waals surface area contributed by atoms with Gasteiger partial charge in [0, 0.05) is 55.7 Å². The molecule has 1 saturated heterocycles. The largest absolute Gasteiger partial charge is 0.496 e. The second-order valence-corrected chi connectivity index (χ2v) is 7.56. The number of hydrogen-bond acceptors (Lipinski definition) is 6. The summed E-state index contributed by atoms with van der Waals surface area (Å²) >= 11 is 0. The predicted octanol–water partition coefficient (Wildman–Crippen LogP) is 2.98. The first-order valence-electron chi connectivity index (χ1n) is 10.0. The van der Waals surface area contributed by atoms with Crippen molar-refractivity contribution in [3.63, 3.8) is 0 Å². The molecule has 30 heavy (non-hydrogen) atoms. The zero-order valence-corrected chi connectivity index (χ0v) is 17.3. The third kappa shape index (κ3) is 4.58. The molecule has 1 aromatic carbocycles. The Morgan fingerprint density at radius 1 is 1.23 bits per heavy atom. The summed E-state index contributed by atoms with van der Waals surface area (Å²) in [5.74, 6) is 1.80. The van der Waals surface area contributed by atoms with E-state index in [0.29, 0.717) is 12.3 Å². The summed E-state index contributed by atoms with van der Waals surface area (Å²) in [6.07, 6.45) is 4.38. The van der Waals surface area contributed by atoms with Gasteiger partial charge in [-0.25, -0.2) is 4.98 Å². The monoisotopic (exact) mass is 406 g/mol. The smallest absolute Gasteiger partial charge is 0.251 e. The first kappa shape index (κ1) is 20.3. The minimum atomic E-state index is -0.133. The quantitative estimate of drug-likeness (QED) is 0.650. The highest BCUT2D eigenvalue weighted by molar-refractivity contribution is 5.57. The van der Waals surface area contributed by atoms with Crippen molar-refractivity contribution in [3.05, 3.63) is 76.1 Å². The average molecular weight is 406 g/mol. The molecule has 1 fully saturated rings. The molecule has 1 N–H and O–H groups in total. The number of benzene rings is 1. The van der Waals surface area contributed by atoms with Crippen LogP contribution in [0.15, 0.2) is 53.6 Å². The molecule has 0 amide bonds. The van der Waals surface area contributed by atoms with Crippen molar-refractivity contribution in [1.29, 1.82) is 0 Å². The molecule has 3 heterocycles. The maximum absolute atomic E-state index is 12.2. The Hall–Kier alpha value is -3.03. The van der Waals surface area contributed by atoms with Crippen molar-refractivity contribution in [1.82, 2.24) is 19.9 Å². The number of pyridine rings is 1. The van der Waals surface area contributed by atoms with Crippen molar-refractivity contribution < 1.29 is 9.47 Å². The number of aromatic nitrogens is 3.